The normalized spacial score (nSPS) is 17.7. The molecule has 6 heteroatoms. The molecule has 0 atom stereocenters. The van der Waals surface area contributed by atoms with Gasteiger partial charge in [-0.3, -0.25) is 9.69 Å². The number of carbonyl (C=O) groups excluding carboxylic acids is 1. The zero-order chi connectivity index (χ0) is 17.9. The van der Waals surface area contributed by atoms with Gasteiger partial charge in [0.2, 0.25) is 0 Å². The van der Waals surface area contributed by atoms with Crippen LogP contribution in [0.4, 0.5) is 5.82 Å². The third kappa shape index (κ3) is 5.05. The number of aromatic nitrogens is 1. The van der Waals surface area contributed by atoms with Crippen LogP contribution in [0.3, 0.4) is 0 Å². The van der Waals surface area contributed by atoms with Crippen LogP contribution in [0.25, 0.3) is 11.1 Å². The first kappa shape index (κ1) is 22.7. The molecule has 2 aliphatic rings. The zero-order valence-electron chi connectivity index (χ0n) is 16.3. The van der Waals surface area contributed by atoms with Crippen LogP contribution < -0.4 is 4.90 Å². The first-order valence-electron chi connectivity index (χ1n) is 9.77. The number of hydrogen-bond acceptors (Lipinski definition) is 4. The van der Waals surface area contributed by atoms with Gasteiger partial charge in [0, 0.05) is 49.5 Å². The fourth-order valence-electron chi connectivity index (χ4n) is 4.23. The van der Waals surface area contributed by atoms with Crippen molar-refractivity contribution in [3.05, 3.63) is 48.2 Å². The van der Waals surface area contributed by atoms with E-state index in [0.717, 1.165) is 54.7 Å². The minimum atomic E-state index is 0. The predicted molar refractivity (Wildman–Crippen MR) is 120 cm³/mol. The van der Waals surface area contributed by atoms with E-state index in [4.69, 9.17) is 4.98 Å². The molecule has 0 radical (unpaired) electrons. The molecule has 152 valence electrons. The Hall–Kier alpha value is -1.62. The Bertz CT molecular complexity index is 750. The highest BCUT2D eigenvalue weighted by Crippen LogP contribution is 2.26. The molecule has 0 spiro atoms. The third-order valence-electron chi connectivity index (χ3n) is 5.85. The SMILES string of the molecule is CC(=O)c1ccc(-c2ccc(N3CCN(C4CCCC4)CC3)nc2)cc1.Cl.Cl. The average molecular weight is 422 g/mol. The first-order valence-corrected chi connectivity index (χ1v) is 9.77. The molecule has 2 aromatic rings. The fourth-order valence-corrected chi connectivity index (χ4v) is 4.23. The standard InChI is InChI=1S/C22H27N3O.2ClH/c1-17(26)18-6-8-19(9-7-18)20-10-11-22(23-16-20)25-14-12-24(13-15-25)21-4-2-3-5-21;;/h6-11,16,21H,2-5,12-15H2,1H3;2*1H. The number of carbonyl (C=O) groups is 1. The molecule has 0 N–H and O–H groups in total. The van der Waals surface area contributed by atoms with E-state index >= 15 is 0 Å². The Morgan fingerprint density at radius 3 is 2.04 bits per heavy atom. The van der Waals surface area contributed by atoms with E-state index in [9.17, 15) is 4.79 Å². The highest BCUT2D eigenvalue weighted by molar-refractivity contribution is 5.94. The minimum absolute atomic E-state index is 0. The number of ketones is 1. The molecule has 4 nitrogen and oxygen atoms in total. The lowest BCUT2D eigenvalue weighted by Gasteiger charge is -2.38. The molecule has 28 heavy (non-hydrogen) atoms. The van der Waals surface area contributed by atoms with Crippen molar-refractivity contribution in [3.8, 4) is 11.1 Å². The summed E-state index contributed by atoms with van der Waals surface area (Å²) in [4.78, 5) is 21.2. The molecule has 0 unspecified atom stereocenters. The van der Waals surface area contributed by atoms with Crippen molar-refractivity contribution < 1.29 is 4.79 Å². The van der Waals surface area contributed by atoms with Crippen LogP contribution in [0.1, 0.15) is 43.0 Å². The van der Waals surface area contributed by atoms with Crippen molar-refractivity contribution in [2.24, 2.45) is 0 Å². The Morgan fingerprint density at radius 2 is 1.50 bits per heavy atom. The van der Waals surface area contributed by atoms with Gasteiger partial charge in [0.05, 0.1) is 0 Å². The number of Topliss-reactive ketones (excluding diaryl/α,β-unsaturated/α-hetero) is 1. The van der Waals surface area contributed by atoms with Gasteiger partial charge in [-0.1, -0.05) is 37.1 Å². The van der Waals surface area contributed by atoms with Gasteiger partial charge in [0.1, 0.15) is 5.82 Å². The lowest BCUT2D eigenvalue weighted by atomic mass is 10.0. The van der Waals surface area contributed by atoms with Crippen molar-refractivity contribution >= 4 is 36.4 Å². The summed E-state index contributed by atoms with van der Waals surface area (Å²) in [6, 6.07) is 12.8. The van der Waals surface area contributed by atoms with Crippen LogP contribution in [0, 0.1) is 0 Å². The van der Waals surface area contributed by atoms with Crippen molar-refractivity contribution in [2.45, 2.75) is 38.6 Å². The molecule has 1 saturated heterocycles. The van der Waals surface area contributed by atoms with Crippen molar-refractivity contribution in [3.63, 3.8) is 0 Å². The van der Waals surface area contributed by atoms with E-state index in [1.807, 2.05) is 30.5 Å². The molecule has 1 aromatic heterocycles. The fraction of sp³-hybridized carbons (Fsp3) is 0.455. The summed E-state index contributed by atoms with van der Waals surface area (Å²) in [7, 11) is 0. The summed E-state index contributed by atoms with van der Waals surface area (Å²) >= 11 is 0. The van der Waals surface area contributed by atoms with Gasteiger partial charge >= 0.3 is 0 Å². The number of halogens is 2. The number of nitrogens with zero attached hydrogens (tertiary/aromatic N) is 3. The average Bonchev–Trinajstić information content (AvgIpc) is 3.23. The molecule has 2 fully saturated rings. The zero-order valence-corrected chi connectivity index (χ0v) is 18.0. The lowest BCUT2D eigenvalue weighted by Crippen LogP contribution is -2.49. The second kappa shape index (κ2) is 10.2. The van der Waals surface area contributed by atoms with Crippen LogP contribution in [0.15, 0.2) is 42.6 Å². The predicted octanol–water partition coefficient (Wildman–Crippen LogP) is 4.86. The van der Waals surface area contributed by atoms with E-state index in [2.05, 4.69) is 21.9 Å². The number of hydrogen-bond donors (Lipinski definition) is 0. The van der Waals surface area contributed by atoms with Crippen LogP contribution in [-0.2, 0) is 0 Å². The Balaban J connectivity index is 0.00000140. The maximum absolute atomic E-state index is 11.4. The summed E-state index contributed by atoms with van der Waals surface area (Å²) in [6.07, 6.45) is 7.52. The van der Waals surface area contributed by atoms with Gasteiger partial charge in [-0.05, 0) is 37.5 Å². The van der Waals surface area contributed by atoms with Gasteiger partial charge < -0.3 is 4.90 Å². The lowest BCUT2D eigenvalue weighted by molar-refractivity contribution is 0.101. The first-order chi connectivity index (χ1) is 12.7. The molecule has 2 heterocycles. The summed E-state index contributed by atoms with van der Waals surface area (Å²) in [5, 5.41) is 0. The van der Waals surface area contributed by atoms with Crippen molar-refractivity contribution in [1.29, 1.82) is 0 Å². The second-order valence-electron chi connectivity index (χ2n) is 7.50. The van der Waals surface area contributed by atoms with Crippen LogP contribution in [0.5, 0.6) is 0 Å². The van der Waals surface area contributed by atoms with Gasteiger partial charge in [-0.2, -0.15) is 0 Å². The van der Waals surface area contributed by atoms with Crippen LogP contribution in [0.2, 0.25) is 0 Å². The quantitative estimate of drug-likeness (QED) is 0.660. The molecule has 0 bridgehead atoms. The highest BCUT2D eigenvalue weighted by atomic mass is 35.5. The maximum Gasteiger partial charge on any atom is 0.159 e. The highest BCUT2D eigenvalue weighted by Gasteiger charge is 2.26. The molecule has 1 aliphatic carbocycles. The van der Waals surface area contributed by atoms with Crippen molar-refractivity contribution in [2.75, 3.05) is 31.1 Å². The van der Waals surface area contributed by atoms with E-state index in [1.165, 1.54) is 25.7 Å². The monoisotopic (exact) mass is 421 g/mol. The Labute approximate surface area is 180 Å². The summed E-state index contributed by atoms with van der Waals surface area (Å²) in [6.45, 7) is 6.03. The summed E-state index contributed by atoms with van der Waals surface area (Å²) in [5.74, 6) is 1.17. The van der Waals surface area contributed by atoms with Crippen LogP contribution >= 0.6 is 24.8 Å². The Morgan fingerprint density at radius 1 is 0.893 bits per heavy atom. The number of pyridine rings is 1. The molecular weight excluding hydrogens is 393 g/mol. The molecule has 1 aromatic carbocycles. The number of anilines is 1. The Kier molecular flexibility index (Phi) is 8.29. The summed E-state index contributed by atoms with van der Waals surface area (Å²) in [5.41, 5.74) is 2.94. The van der Waals surface area contributed by atoms with Gasteiger partial charge in [-0.25, -0.2) is 4.98 Å². The third-order valence-corrected chi connectivity index (χ3v) is 5.85. The molecular formula is C22H29Cl2N3O. The number of benzene rings is 1. The van der Waals surface area contributed by atoms with E-state index in [0.29, 0.717) is 0 Å². The van der Waals surface area contributed by atoms with Crippen LogP contribution in [-0.4, -0.2) is 47.9 Å². The van der Waals surface area contributed by atoms with Gasteiger partial charge in [-0.15, -0.1) is 24.8 Å². The number of piperazine rings is 1. The van der Waals surface area contributed by atoms with Crippen molar-refractivity contribution in [1.82, 2.24) is 9.88 Å². The van der Waals surface area contributed by atoms with E-state index in [-0.39, 0.29) is 30.6 Å². The van der Waals surface area contributed by atoms with E-state index < -0.39 is 0 Å². The minimum Gasteiger partial charge on any atom is -0.354 e. The molecule has 4 rings (SSSR count). The maximum atomic E-state index is 11.4. The number of rotatable bonds is 4. The van der Waals surface area contributed by atoms with E-state index in [1.54, 1.807) is 6.92 Å². The molecule has 1 aliphatic heterocycles. The second-order valence-corrected chi connectivity index (χ2v) is 7.50. The largest absolute Gasteiger partial charge is 0.354 e. The van der Waals surface area contributed by atoms with Gasteiger partial charge in [0.15, 0.2) is 5.78 Å². The smallest absolute Gasteiger partial charge is 0.159 e. The molecule has 0 amide bonds. The van der Waals surface area contributed by atoms with Gasteiger partial charge in [0.25, 0.3) is 0 Å². The molecule has 1 saturated carbocycles. The topological polar surface area (TPSA) is 36.4 Å². The summed E-state index contributed by atoms with van der Waals surface area (Å²) < 4.78 is 0.